The first-order valence-electron chi connectivity index (χ1n) is 31.2. The van der Waals surface area contributed by atoms with Crippen LogP contribution < -0.4 is 31.9 Å². The number of carbonyl (C=O) groups is 6. The summed E-state index contributed by atoms with van der Waals surface area (Å²) in [5.41, 5.74) is 0. The van der Waals surface area contributed by atoms with Gasteiger partial charge in [0.2, 0.25) is 35.4 Å². The number of carbonyl (C=O) groups excluding carboxylic acids is 6. The molecular weight excluding hydrogens is 1040 g/mol. The van der Waals surface area contributed by atoms with E-state index in [0.29, 0.717) is 156 Å². The number of nitrogens with zero attached hydrogens (tertiary/aromatic N) is 10. The summed E-state index contributed by atoms with van der Waals surface area (Å²) in [5.74, 6) is -0.0615. The molecule has 22 heteroatoms. The van der Waals surface area contributed by atoms with Crippen molar-refractivity contribution >= 4 is 35.4 Å². The molecule has 0 aliphatic rings. The molecule has 0 heterocycles. The van der Waals surface area contributed by atoms with E-state index >= 15 is 0 Å². The minimum absolute atomic E-state index is 0.0103. The molecule has 0 saturated carbocycles. The number of rotatable bonds is 51. The molecule has 6 amide bonds. The summed E-state index contributed by atoms with van der Waals surface area (Å²) < 4.78 is 4.95. The molecule has 0 aliphatic heterocycles. The van der Waals surface area contributed by atoms with E-state index in [1.165, 1.54) is 0 Å². The summed E-state index contributed by atoms with van der Waals surface area (Å²) in [6.45, 7) is 15.9. The summed E-state index contributed by atoms with van der Waals surface area (Å²) in [4.78, 5) is 88.8. The Labute approximate surface area is 501 Å². The van der Waals surface area contributed by atoms with Crippen LogP contribution in [-0.2, 0) is 28.8 Å². The Morgan fingerprint density at radius 2 is 0.341 bits per heavy atom. The van der Waals surface area contributed by atoms with Crippen LogP contribution in [0.4, 0.5) is 0 Å². The molecule has 0 radical (unpaired) electrons. The lowest BCUT2D eigenvalue weighted by Crippen LogP contribution is -2.46. The van der Waals surface area contributed by atoms with Crippen molar-refractivity contribution in [3.63, 3.8) is 0 Å². The molecule has 0 unspecified atom stereocenters. The quantitative estimate of drug-likeness (QED) is 0.0353. The molecule has 22 nitrogen and oxygen atoms in total. The third kappa shape index (κ3) is 54.4. The van der Waals surface area contributed by atoms with E-state index in [0.717, 1.165) is 105 Å². The van der Waals surface area contributed by atoms with E-state index in [9.17, 15) is 28.8 Å². The second kappa shape index (κ2) is 41.5. The zero-order valence-electron chi connectivity index (χ0n) is 56.4. The number of nitrogens with one attached hydrogen (secondary N) is 6. The molecule has 0 atom stereocenters. The minimum Gasteiger partial charge on any atom is -0.356 e. The first-order valence-corrected chi connectivity index (χ1v) is 31.2. The van der Waals surface area contributed by atoms with Gasteiger partial charge in [-0.05, 0) is 0 Å². The van der Waals surface area contributed by atoms with Gasteiger partial charge in [-0.3, -0.25) is 33.7 Å². The van der Waals surface area contributed by atoms with Crippen molar-refractivity contribution in [2.24, 2.45) is 0 Å². The van der Waals surface area contributed by atoms with E-state index in [2.05, 4.69) is 178 Å². The second-order valence-electron chi connectivity index (χ2n) is 29.2. The van der Waals surface area contributed by atoms with Gasteiger partial charge >= 0.3 is 0 Å². The third-order valence-corrected chi connectivity index (χ3v) is 14.1. The largest absolute Gasteiger partial charge is 0.356 e. The highest BCUT2D eigenvalue weighted by Gasteiger charge is 2.20. The third-order valence-electron chi connectivity index (χ3n) is 14.1. The van der Waals surface area contributed by atoms with E-state index in [1.807, 2.05) is 0 Å². The Morgan fingerprint density at radius 3 is 0.463 bits per heavy atom. The number of hydrogen-bond donors (Lipinski definition) is 6. The Balaban J connectivity index is 6.82. The van der Waals surface area contributed by atoms with E-state index < -0.39 is 0 Å². The second-order valence-corrected chi connectivity index (χ2v) is 29.2. The molecule has 82 heavy (non-hydrogen) atoms. The van der Waals surface area contributed by atoms with Crippen molar-refractivity contribution in [2.75, 3.05) is 284 Å². The molecule has 482 valence electrons. The monoisotopic (exact) mass is 1170 g/mol. The van der Waals surface area contributed by atoms with Crippen LogP contribution in [-0.4, -0.2) is 366 Å². The van der Waals surface area contributed by atoms with Gasteiger partial charge in [-0.2, -0.15) is 0 Å². The van der Waals surface area contributed by atoms with Crippen LogP contribution in [0.2, 0.25) is 0 Å². The smallest absolute Gasteiger partial charge is 0.221 e. The first-order chi connectivity index (χ1) is 37.9. The van der Waals surface area contributed by atoms with Crippen molar-refractivity contribution in [1.29, 1.82) is 0 Å². The van der Waals surface area contributed by atoms with Gasteiger partial charge in [0, 0.05) is 195 Å². The summed E-state index contributed by atoms with van der Waals surface area (Å²) in [6.07, 6.45) is 7.10. The normalized spacial score (nSPS) is 12.8. The molecule has 0 bridgehead atoms. The van der Waals surface area contributed by atoms with Gasteiger partial charge in [0.05, 0.1) is 166 Å². The standard InChI is InChI=1S/C60H126N16O6/c1-71(2,3)49-19-31-61-55(77)25-37-67(38-26-56(78)62-32-20-50-72(4,5)6)43-46-70(47-44-68(39-27-57(79)63-33-21-51-73(7,8)9)40-28-58(80)64-34-22-52-74(10,11)12)48-45-69(41-29-59(81)65-35-23-53-75(13,14)15)42-30-60(82)66-36-24-54-76(16,17)18/h19-54H2,1-18H3/p+6. The number of quaternary nitrogens is 6. The fraction of sp³-hybridized carbons (Fsp3) is 0.900. The van der Waals surface area contributed by atoms with Crippen molar-refractivity contribution in [3.8, 4) is 0 Å². The van der Waals surface area contributed by atoms with Gasteiger partial charge in [0.15, 0.2) is 0 Å². The fourth-order valence-corrected chi connectivity index (χ4v) is 8.97. The SMILES string of the molecule is C[N+](C)(C)CCCNC(=O)CCN(CCC(=O)NCCC[N+](C)(C)C)CCN(CCN(CCC(=O)NCCC[N+](C)(C)C)CCC(=O)NCCC[N+](C)(C)C)CCN(CCC(=O)NCCC[N+](C)(C)C)CCC(=O)NCCC[N+](C)(C)C. The lowest BCUT2D eigenvalue weighted by atomic mass is 10.2. The minimum atomic E-state index is -0.0103. The van der Waals surface area contributed by atoms with Crippen LogP contribution in [0.15, 0.2) is 0 Å². The topological polar surface area (TPSA) is 188 Å². The zero-order valence-corrected chi connectivity index (χ0v) is 56.4. The van der Waals surface area contributed by atoms with Gasteiger partial charge in [-0.15, -0.1) is 0 Å². The van der Waals surface area contributed by atoms with Gasteiger partial charge in [0.25, 0.3) is 0 Å². The van der Waals surface area contributed by atoms with E-state index in [4.69, 9.17) is 0 Å². The zero-order chi connectivity index (χ0) is 62.5. The molecule has 0 aromatic rings. The highest BCUT2D eigenvalue weighted by molar-refractivity contribution is 5.78. The van der Waals surface area contributed by atoms with Gasteiger partial charge in [-0.25, -0.2) is 0 Å². The molecule has 0 aliphatic carbocycles. The van der Waals surface area contributed by atoms with Crippen molar-refractivity contribution in [3.05, 3.63) is 0 Å². The van der Waals surface area contributed by atoms with Crippen molar-refractivity contribution in [2.45, 2.75) is 77.0 Å². The first kappa shape index (κ1) is 78.4. The summed E-state index contributed by atoms with van der Waals surface area (Å²) in [5, 5.41) is 18.7. The van der Waals surface area contributed by atoms with Crippen molar-refractivity contribution in [1.82, 2.24) is 51.5 Å². The predicted octanol–water partition coefficient (Wildman–Crippen LogP) is -0.190. The van der Waals surface area contributed by atoms with Gasteiger partial charge in [-0.1, -0.05) is 0 Å². The lowest BCUT2D eigenvalue weighted by Gasteiger charge is -2.32. The van der Waals surface area contributed by atoms with E-state index in [1.54, 1.807) is 0 Å². The van der Waals surface area contributed by atoms with Crippen LogP contribution in [0.25, 0.3) is 0 Å². The Kier molecular flexibility index (Phi) is 39.7. The Morgan fingerprint density at radius 1 is 0.220 bits per heavy atom. The summed E-state index contributed by atoms with van der Waals surface area (Å²) >= 11 is 0. The molecule has 0 aromatic carbocycles. The molecule has 6 N–H and O–H groups in total. The highest BCUT2D eigenvalue weighted by Crippen LogP contribution is 2.06. The maximum atomic E-state index is 13.3. The molecule has 0 rings (SSSR count). The van der Waals surface area contributed by atoms with Crippen LogP contribution in [0.3, 0.4) is 0 Å². The molecular formula is C60H132N16O6+6. The average Bonchev–Trinajstić information content (AvgIpc) is 3.34. The fourth-order valence-electron chi connectivity index (χ4n) is 8.97. The maximum absolute atomic E-state index is 13.3. The molecule has 0 saturated heterocycles. The van der Waals surface area contributed by atoms with Crippen molar-refractivity contribution < 1.29 is 55.7 Å². The Bertz CT molecular complexity index is 1450. The number of amides is 6. The number of hydrogen-bond acceptors (Lipinski definition) is 10. The maximum Gasteiger partial charge on any atom is 0.221 e. The van der Waals surface area contributed by atoms with Crippen LogP contribution in [0.1, 0.15) is 77.0 Å². The summed E-state index contributed by atoms with van der Waals surface area (Å²) in [7, 11) is 38.6. The van der Waals surface area contributed by atoms with Gasteiger partial charge in [0.1, 0.15) is 0 Å². The van der Waals surface area contributed by atoms with Crippen LogP contribution >= 0.6 is 0 Å². The molecule has 0 spiro atoms. The van der Waals surface area contributed by atoms with Gasteiger partial charge < -0.3 is 73.5 Å². The molecule has 0 fully saturated rings. The highest BCUT2D eigenvalue weighted by atomic mass is 16.2. The molecule has 0 aromatic heterocycles. The van der Waals surface area contributed by atoms with E-state index in [-0.39, 0.29) is 35.4 Å². The van der Waals surface area contributed by atoms with Crippen LogP contribution in [0.5, 0.6) is 0 Å². The average molecular weight is 1170 g/mol. The predicted molar refractivity (Wildman–Crippen MR) is 337 cm³/mol. The lowest BCUT2D eigenvalue weighted by molar-refractivity contribution is -0.870. The Hall–Kier alpha value is -3.58. The van der Waals surface area contributed by atoms with Crippen LogP contribution in [0, 0.1) is 0 Å². The summed E-state index contributed by atoms with van der Waals surface area (Å²) in [6, 6.07) is 0.